The summed E-state index contributed by atoms with van der Waals surface area (Å²) >= 11 is 4.95. The molecule has 1 saturated carbocycles. The van der Waals surface area contributed by atoms with Gasteiger partial charge in [0, 0.05) is 16.4 Å². The number of anilines is 1. The summed E-state index contributed by atoms with van der Waals surface area (Å²) in [6.07, 6.45) is 2.62. The minimum Gasteiger partial charge on any atom is -0.481 e. The van der Waals surface area contributed by atoms with Gasteiger partial charge in [0.05, 0.1) is 10.4 Å². The molecule has 0 aromatic carbocycles. The second-order valence-corrected chi connectivity index (χ2v) is 5.75. The lowest BCUT2D eigenvalue weighted by Gasteiger charge is -2.37. The second-order valence-electron chi connectivity index (χ2n) is 3.92. The van der Waals surface area contributed by atoms with Gasteiger partial charge in [-0.25, -0.2) is 0 Å². The Morgan fingerprint density at radius 3 is 2.80 bits per heavy atom. The van der Waals surface area contributed by atoms with E-state index in [0.29, 0.717) is 6.54 Å². The zero-order valence-corrected chi connectivity index (χ0v) is 10.5. The highest BCUT2D eigenvalue weighted by Crippen LogP contribution is 2.41. The van der Waals surface area contributed by atoms with Crippen molar-refractivity contribution in [3.05, 3.63) is 15.9 Å². The number of carboxylic acids is 1. The lowest BCUT2D eigenvalue weighted by atomic mass is 9.69. The first-order chi connectivity index (χ1) is 7.12. The van der Waals surface area contributed by atoms with Gasteiger partial charge in [0.1, 0.15) is 0 Å². The Hall–Kier alpha value is -0.550. The van der Waals surface area contributed by atoms with Crippen LogP contribution >= 0.6 is 27.3 Å². The molecular formula is C10H12BrNO2S. The summed E-state index contributed by atoms with van der Waals surface area (Å²) < 4.78 is 1.04. The summed E-state index contributed by atoms with van der Waals surface area (Å²) in [6.45, 7) is 0.537. The van der Waals surface area contributed by atoms with Gasteiger partial charge < -0.3 is 10.4 Å². The molecule has 0 atom stereocenters. The summed E-state index contributed by atoms with van der Waals surface area (Å²) in [4.78, 5) is 11.1. The van der Waals surface area contributed by atoms with Gasteiger partial charge >= 0.3 is 5.97 Å². The van der Waals surface area contributed by atoms with Crippen molar-refractivity contribution in [2.24, 2.45) is 5.41 Å². The van der Waals surface area contributed by atoms with Gasteiger partial charge in [0.25, 0.3) is 0 Å². The number of halogens is 1. The first-order valence-corrected chi connectivity index (χ1v) is 6.51. The average Bonchev–Trinajstić information content (AvgIpc) is 2.49. The molecule has 0 saturated heterocycles. The van der Waals surface area contributed by atoms with Gasteiger partial charge in [-0.1, -0.05) is 6.42 Å². The fraction of sp³-hybridized carbons (Fsp3) is 0.500. The Morgan fingerprint density at radius 2 is 2.40 bits per heavy atom. The summed E-state index contributed by atoms with van der Waals surface area (Å²) in [5.41, 5.74) is -0.517. The summed E-state index contributed by atoms with van der Waals surface area (Å²) in [7, 11) is 0. The number of carboxylic acid groups (broad SMARTS) is 1. The molecule has 3 nitrogen and oxygen atoms in total. The van der Waals surface area contributed by atoms with E-state index in [1.807, 2.05) is 11.4 Å². The second kappa shape index (κ2) is 4.14. The van der Waals surface area contributed by atoms with Crippen molar-refractivity contribution in [3.8, 4) is 0 Å². The van der Waals surface area contributed by atoms with Crippen LogP contribution in [0.3, 0.4) is 0 Å². The van der Waals surface area contributed by atoms with Crippen LogP contribution in [0.15, 0.2) is 15.9 Å². The Balaban J connectivity index is 1.95. The number of hydrogen-bond acceptors (Lipinski definition) is 3. The molecule has 2 N–H and O–H groups in total. The van der Waals surface area contributed by atoms with Crippen molar-refractivity contribution < 1.29 is 9.90 Å². The number of aliphatic carboxylic acids is 1. The number of nitrogens with one attached hydrogen (secondary N) is 1. The average molecular weight is 290 g/mol. The first-order valence-electron chi connectivity index (χ1n) is 4.84. The zero-order valence-electron chi connectivity index (χ0n) is 8.12. The Labute approximate surface area is 101 Å². The molecule has 5 heteroatoms. The largest absolute Gasteiger partial charge is 0.481 e. The number of carbonyl (C=O) groups is 1. The maximum absolute atomic E-state index is 11.1. The van der Waals surface area contributed by atoms with Gasteiger partial charge in [-0.15, -0.1) is 11.3 Å². The van der Waals surface area contributed by atoms with E-state index in [1.165, 1.54) is 0 Å². The predicted molar refractivity (Wildman–Crippen MR) is 64.4 cm³/mol. The molecule has 1 aliphatic rings. The smallest absolute Gasteiger partial charge is 0.311 e. The third-order valence-corrected chi connectivity index (χ3v) is 4.58. The van der Waals surface area contributed by atoms with Crippen LogP contribution < -0.4 is 5.32 Å². The zero-order chi connectivity index (χ0) is 10.9. The Morgan fingerprint density at radius 1 is 1.67 bits per heavy atom. The molecule has 15 heavy (non-hydrogen) atoms. The van der Waals surface area contributed by atoms with Gasteiger partial charge in [-0.2, -0.15) is 0 Å². The topological polar surface area (TPSA) is 49.3 Å². The molecule has 1 aromatic heterocycles. The molecule has 0 aliphatic heterocycles. The third-order valence-electron chi connectivity index (χ3n) is 2.93. The lowest BCUT2D eigenvalue weighted by molar-refractivity contribution is -0.153. The standard InChI is InChI=1S/C10H12BrNO2S/c11-7-4-8(15-5-7)12-6-10(9(13)14)2-1-3-10/h4-5,12H,1-3,6H2,(H,13,14). The molecule has 1 aliphatic carbocycles. The van der Waals surface area contributed by atoms with Crippen molar-refractivity contribution >= 4 is 38.2 Å². The van der Waals surface area contributed by atoms with Crippen molar-refractivity contribution in [1.29, 1.82) is 0 Å². The van der Waals surface area contributed by atoms with Gasteiger partial charge in [0.15, 0.2) is 0 Å². The molecule has 0 radical (unpaired) electrons. The molecule has 1 aromatic rings. The molecule has 1 fully saturated rings. The van der Waals surface area contributed by atoms with Gasteiger partial charge in [0.2, 0.25) is 0 Å². The van der Waals surface area contributed by atoms with Crippen molar-refractivity contribution in [2.45, 2.75) is 19.3 Å². The highest BCUT2D eigenvalue weighted by atomic mass is 79.9. The van der Waals surface area contributed by atoms with E-state index in [9.17, 15) is 4.79 Å². The molecule has 0 bridgehead atoms. The maximum atomic E-state index is 11.1. The van der Waals surface area contributed by atoms with Crippen LogP contribution in [0.2, 0.25) is 0 Å². The van der Waals surface area contributed by atoms with Crippen LogP contribution in [-0.2, 0) is 4.79 Å². The number of hydrogen-bond donors (Lipinski definition) is 2. The minimum absolute atomic E-state index is 0.517. The van der Waals surface area contributed by atoms with Crippen molar-refractivity contribution in [3.63, 3.8) is 0 Å². The van der Waals surface area contributed by atoms with E-state index in [1.54, 1.807) is 11.3 Å². The highest BCUT2D eigenvalue weighted by Gasteiger charge is 2.44. The fourth-order valence-electron chi connectivity index (χ4n) is 1.73. The number of thiophene rings is 1. The first kappa shape index (κ1) is 11.0. The van der Waals surface area contributed by atoms with Crippen LogP contribution in [0.1, 0.15) is 19.3 Å². The van der Waals surface area contributed by atoms with E-state index in [4.69, 9.17) is 5.11 Å². The molecule has 0 amide bonds. The normalized spacial score (nSPS) is 18.2. The predicted octanol–water partition coefficient (Wildman–Crippen LogP) is 3.18. The van der Waals surface area contributed by atoms with E-state index in [2.05, 4.69) is 21.2 Å². The monoisotopic (exact) mass is 289 g/mol. The summed E-state index contributed by atoms with van der Waals surface area (Å²) in [5.74, 6) is -0.670. The third kappa shape index (κ3) is 2.18. The van der Waals surface area contributed by atoms with Crippen molar-refractivity contribution in [2.75, 3.05) is 11.9 Å². The molecule has 1 heterocycles. The summed E-state index contributed by atoms with van der Waals surface area (Å²) in [6, 6.07) is 1.97. The Kier molecular flexibility index (Phi) is 3.02. The van der Waals surface area contributed by atoms with E-state index < -0.39 is 11.4 Å². The lowest BCUT2D eigenvalue weighted by Crippen LogP contribution is -2.43. The van der Waals surface area contributed by atoms with Gasteiger partial charge in [-0.05, 0) is 34.8 Å². The van der Waals surface area contributed by atoms with Crippen LogP contribution in [0.5, 0.6) is 0 Å². The van der Waals surface area contributed by atoms with Crippen LogP contribution in [-0.4, -0.2) is 17.6 Å². The fourth-order valence-corrected chi connectivity index (χ4v) is 3.05. The summed E-state index contributed by atoms with van der Waals surface area (Å²) in [5, 5.41) is 15.3. The molecule has 0 unspecified atom stereocenters. The molecule has 82 valence electrons. The molecular weight excluding hydrogens is 278 g/mol. The quantitative estimate of drug-likeness (QED) is 0.895. The van der Waals surface area contributed by atoms with Crippen LogP contribution in [0.25, 0.3) is 0 Å². The van der Waals surface area contributed by atoms with Crippen LogP contribution in [0.4, 0.5) is 5.00 Å². The van der Waals surface area contributed by atoms with Crippen molar-refractivity contribution in [1.82, 2.24) is 0 Å². The van der Waals surface area contributed by atoms with E-state index >= 15 is 0 Å². The van der Waals surface area contributed by atoms with Gasteiger partial charge in [-0.3, -0.25) is 4.79 Å². The SMILES string of the molecule is O=C(O)C1(CNc2cc(Br)cs2)CCC1. The van der Waals surface area contributed by atoms with E-state index in [-0.39, 0.29) is 0 Å². The van der Waals surface area contributed by atoms with E-state index in [0.717, 1.165) is 28.7 Å². The molecule has 0 spiro atoms. The van der Waals surface area contributed by atoms with Crippen LogP contribution in [0, 0.1) is 5.41 Å². The highest BCUT2D eigenvalue weighted by molar-refractivity contribution is 9.10. The Bertz CT molecular complexity index is 373. The minimum atomic E-state index is -0.670. The maximum Gasteiger partial charge on any atom is 0.311 e. The number of rotatable bonds is 4. The molecule has 2 rings (SSSR count).